The fraction of sp³-hybridized carbons (Fsp3) is 0.632. The van der Waals surface area contributed by atoms with Gasteiger partial charge < -0.3 is 10.6 Å². The van der Waals surface area contributed by atoms with Gasteiger partial charge in [0.15, 0.2) is 0 Å². The lowest BCUT2D eigenvalue weighted by Crippen LogP contribution is -2.47. The molecule has 0 radical (unpaired) electrons. The standard InChI is InChI=1S/C19H24ClF3N2O/c20-15-7-14(8-16(21)9-15)18(26)25-11-13-5-17(6-13)24-10-12-1-3-19(22,23)4-2-12/h7-9,12-13,17,24H,1-6,10-11H2,(H,25,26)/t13-,17+. The van der Waals surface area contributed by atoms with E-state index in [4.69, 9.17) is 11.6 Å². The molecule has 2 N–H and O–H groups in total. The predicted octanol–water partition coefficient (Wildman–Crippen LogP) is 4.40. The van der Waals surface area contributed by atoms with Gasteiger partial charge in [0.1, 0.15) is 5.82 Å². The minimum atomic E-state index is -2.47. The van der Waals surface area contributed by atoms with Gasteiger partial charge in [-0.25, -0.2) is 13.2 Å². The molecule has 0 bridgehead atoms. The zero-order chi connectivity index (χ0) is 18.7. The van der Waals surface area contributed by atoms with Crippen molar-refractivity contribution in [2.24, 2.45) is 11.8 Å². The number of nitrogens with one attached hydrogen (secondary N) is 2. The van der Waals surface area contributed by atoms with Crippen LogP contribution in [0.1, 0.15) is 48.9 Å². The maximum atomic E-state index is 13.3. The average molecular weight is 389 g/mol. The Bertz CT molecular complexity index is 619. The lowest BCUT2D eigenvalue weighted by atomic mass is 9.79. The van der Waals surface area contributed by atoms with Crippen molar-refractivity contribution in [1.82, 2.24) is 10.6 Å². The highest BCUT2D eigenvalue weighted by Gasteiger charge is 2.35. The minimum absolute atomic E-state index is 0.00274. The molecular weight excluding hydrogens is 365 g/mol. The molecule has 2 aliphatic carbocycles. The fourth-order valence-electron chi connectivity index (χ4n) is 3.73. The number of carbonyl (C=O) groups excluding carboxylic acids is 1. The van der Waals surface area contributed by atoms with Gasteiger partial charge >= 0.3 is 0 Å². The molecule has 0 unspecified atom stereocenters. The second-order valence-corrected chi connectivity index (χ2v) is 8.05. The van der Waals surface area contributed by atoms with Crippen LogP contribution in [-0.2, 0) is 0 Å². The van der Waals surface area contributed by atoms with Crippen molar-refractivity contribution < 1.29 is 18.0 Å². The van der Waals surface area contributed by atoms with E-state index in [9.17, 15) is 18.0 Å². The number of hydrogen-bond donors (Lipinski definition) is 2. The second-order valence-electron chi connectivity index (χ2n) is 7.61. The van der Waals surface area contributed by atoms with E-state index in [1.807, 2.05) is 0 Å². The van der Waals surface area contributed by atoms with Crippen LogP contribution in [0.2, 0.25) is 5.02 Å². The largest absolute Gasteiger partial charge is 0.352 e. The molecule has 0 heterocycles. The first-order valence-corrected chi connectivity index (χ1v) is 9.54. The number of alkyl halides is 2. The lowest BCUT2D eigenvalue weighted by Gasteiger charge is -2.38. The third kappa shape index (κ3) is 5.36. The molecule has 0 aliphatic heterocycles. The van der Waals surface area contributed by atoms with Gasteiger partial charge in [-0.1, -0.05) is 11.6 Å². The highest BCUT2D eigenvalue weighted by atomic mass is 35.5. The summed E-state index contributed by atoms with van der Waals surface area (Å²) in [6, 6.07) is 4.16. The summed E-state index contributed by atoms with van der Waals surface area (Å²) in [5.41, 5.74) is 0.220. The zero-order valence-electron chi connectivity index (χ0n) is 14.5. The topological polar surface area (TPSA) is 41.1 Å². The van der Waals surface area contributed by atoms with Gasteiger partial charge in [0, 0.05) is 36.0 Å². The molecule has 3 rings (SSSR count). The molecule has 3 nitrogen and oxygen atoms in total. The molecule has 0 aromatic heterocycles. The Balaban J connectivity index is 1.31. The number of carbonyl (C=O) groups is 1. The highest BCUT2D eigenvalue weighted by molar-refractivity contribution is 6.31. The molecule has 1 aromatic carbocycles. The van der Waals surface area contributed by atoms with Gasteiger partial charge in [-0.2, -0.15) is 0 Å². The summed E-state index contributed by atoms with van der Waals surface area (Å²) in [5.74, 6) is -2.61. The Morgan fingerprint density at radius 1 is 1.12 bits per heavy atom. The predicted molar refractivity (Wildman–Crippen MR) is 95.2 cm³/mol. The van der Waals surface area contributed by atoms with Crippen LogP contribution >= 0.6 is 11.6 Å². The fourth-order valence-corrected chi connectivity index (χ4v) is 3.95. The van der Waals surface area contributed by atoms with Crippen LogP contribution in [0.5, 0.6) is 0 Å². The first kappa shape index (κ1) is 19.5. The van der Waals surface area contributed by atoms with E-state index in [-0.39, 0.29) is 29.3 Å². The van der Waals surface area contributed by atoms with E-state index < -0.39 is 11.7 Å². The van der Waals surface area contributed by atoms with Gasteiger partial charge in [-0.05, 0) is 62.3 Å². The number of hydrogen-bond acceptors (Lipinski definition) is 2. The van der Waals surface area contributed by atoms with Crippen molar-refractivity contribution in [3.05, 3.63) is 34.6 Å². The Kier molecular flexibility index (Phi) is 6.13. The van der Waals surface area contributed by atoms with Crippen molar-refractivity contribution in [3.63, 3.8) is 0 Å². The molecule has 2 fully saturated rings. The van der Waals surface area contributed by atoms with Crippen LogP contribution in [0, 0.1) is 17.7 Å². The monoisotopic (exact) mass is 388 g/mol. The van der Waals surface area contributed by atoms with E-state index in [2.05, 4.69) is 10.6 Å². The number of benzene rings is 1. The molecule has 1 aromatic rings. The number of rotatable bonds is 6. The molecule has 0 atom stereocenters. The Morgan fingerprint density at radius 3 is 2.46 bits per heavy atom. The van der Waals surface area contributed by atoms with E-state index in [1.165, 1.54) is 12.1 Å². The van der Waals surface area contributed by atoms with Crippen LogP contribution in [0.25, 0.3) is 0 Å². The lowest BCUT2D eigenvalue weighted by molar-refractivity contribution is -0.0460. The van der Waals surface area contributed by atoms with Crippen LogP contribution in [0.3, 0.4) is 0 Å². The van der Waals surface area contributed by atoms with Crippen molar-refractivity contribution in [2.45, 2.75) is 50.5 Å². The summed E-state index contributed by atoms with van der Waals surface area (Å²) in [6.45, 7) is 1.34. The smallest absolute Gasteiger partial charge is 0.251 e. The van der Waals surface area contributed by atoms with Crippen molar-refractivity contribution >= 4 is 17.5 Å². The SMILES string of the molecule is O=C(NC[C@H]1C[C@@H](NCC2CCC(F)(F)CC2)C1)c1cc(F)cc(Cl)c1. The molecule has 1 amide bonds. The summed E-state index contributed by atoms with van der Waals surface area (Å²) < 4.78 is 39.6. The third-order valence-corrected chi connectivity index (χ3v) is 5.66. The number of amides is 1. The second kappa shape index (κ2) is 8.17. The van der Waals surface area contributed by atoms with Gasteiger partial charge in [0.05, 0.1) is 0 Å². The number of halogens is 4. The first-order valence-electron chi connectivity index (χ1n) is 9.16. The van der Waals surface area contributed by atoms with Crippen LogP contribution in [0.15, 0.2) is 18.2 Å². The van der Waals surface area contributed by atoms with Gasteiger partial charge in [-0.15, -0.1) is 0 Å². The maximum absolute atomic E-state index is 13.3. The highest BCUT2D eigenvalue weighted by Crippen LogP contribution is 2.36. The maximum Gasteiger partial charge on any atom is 0.251 e. The van der Waals surface area contributed by atoms with E-state index in [0.717, 1.165) is 25.5 Å². The first-order chi connectivity index (χ1) is 12.3. The van der Waals surface area contributed by atoms with Gasteiger partial charge in [0.2, 0.25) is 5.92 Å². The van der Waals surface area contributed by atoms with E-state index >= 15 is 0 Å². The summed E-state index contributed by atoms with van der Waals surface area (Å²) >= 11 is 5.76. The molecule has 7 heteroatoms. The van der Waals surface area contributed by atoms with Crippen molar-refractivity contribution in [1.29, 1.82) is 0 Å². The molecule has 26 heavy (non-hydrogen) atoms. The molecule has 2 aliphatic rings. The van der Waals surface area contributed by atoms with Crippen LogP contribution < -0.4 is 10.6 Å². The summed E-state index contributed by atoms with van der Waals surface area (Å²) in [5, 5.41) is 6.47. The average Bonchev–Trinajstić information content (AvgIpc) is 2.53. The normalized spacial score (nSPS) is 25.5. The molecule has 0 spiro atoms. The van der Waals surface area contributed by atoms with Crippen LogP contribution in [-0.4, -0.2) is 31.0 Å². The summed E-state index contributed by atoms with van der Waals surface area (Å²) in [6.07, 6.45) is 3.08. The van der Waals surface area contributed by atoms with Crippen molar-refractivity contribution in [2.75, 3.05) is 13.1 Å². The van der Waals surface area contributed by atoms with E-state index in [1.54, 1.807) is 0 Å². The van der Waals surface area contributed by atoms with Gasteiger partial charge in [0.25, 0.3) is 5.91 Å². The Labute approximate surface area is 156 Å². The minimum Gasteiger partial charge on any atom is -0.352 e. The van der Waals surface area contributed by atoms with E-state index in [0.29, 0.717) is 37.3 Å². The molecule has 144 valence electrons. The van der Waals surface area contributed by atoms with Crippen LogP contribution in [0.4, 0.5) is 13.2 Å². The quantitative estimate of drug-likeness (QED) is 0.758. The Hall–Kier alpha value is -1.27. The van der Waals surface area contributed by atoms with Gasteiger partial charge in [-0.3, -0.25) is 4.79 Å². The molecule has 0 saturated heterocycles. The summed E-state index contributed by atoms with van der Waals surface area (Å²) in [7, 11) is 0. The van der Waals surface area contributed by atoms with Crippen molar-refractivity contribution in [3.8, 4) is 0 Å². The zero-order valence-corrected chi connectivity index (χ0v) is 15.3. The molecule has 2 saturated carbocycles. The third-order valence-electron chi connectivity index (χ3n) is 5.44. The summed E-state index contributed by atoms with van der Waals surface area (Å²) in [4.78, 5) is 12.0. The Morgan fingerprint density at radius 2 is 1.81 bits per heavy atom. The molecular formula is C19H24ClF3N2O.